The van der Waals surface area contributed by atoms with Crippen LogP contribution in [0.25, 0.3) is 0 Å². The molecular formula is C20H24N2OS. The van der Waals surface area contributed by atoms with Crippen LogP contribution >= 0.6 is 11.3 Å². The molecule has 0 spiro atoms. The molecule has 1 aromatic heterocycles. The summed E-state index contributed by atoms with van der Waals surface area (Å²) in [6, 6.07) is 10.8. The van der Waals surface area contributed by atoms with Gasteiger partial charge in [-0.2, -0.15) is 0 Å². The van der Waals surface area contributed by atoms with E-state index in [9.17, 15) is 4.79 Å². The summed E-state index contributed by atoms with van der Waals surface area (Å²) in [6.07, 6.45) is 4.86. The predicted octanol–water partition coefficient (Wildman–Crippen LogP) is 3.90. The molecule has 0 radical (unpaired) electrons. The van der Waals surface area contributed by atoms with Crippen LogP contribution in [-0.2, 0) is 12.8 Å². The van der Waals surface area contributed by atoms with Gasteiger partial charge in [0, 0.05) is 36.7 Å². The summed E-state index contributed by atoms with van der Waals surface area (Å²) in [6.45, 7) is 5.59. The van der Waals surface area contributed by atoms with Gasteiger partial charge in [-0.3, -0.25) is 4.79 Å². The second kappa shape index (κ2) is 6.60. The van der Waals surface area contributed by atoms with E-state index in [0.717, 1.165) is 43.9 Å². The van der Waals surface area contributed by atoms with Gasteiger partial charge in [-0.05, 0) is 61.9 Å². The number of fused-ring (bicyclic) bond motifs is 1. The Balaban J connectivity index is 1.42. The van der Waals surface area contributed by atoms with Crippen LogP contribution < -0.4 is 4.90 Å². The van der Waals surface area contributed by atoms with Crippen molar-refractivity contribution >= 4 is 22.9 Å². The van der Waals surface area contributed by atoms with Crippen molar-refractivity contribution in [2.75, 3.05) is 31.1 Å². The molecule has 2 aromatic rings. The summed E-state index contributed by atoms with van der Waals surface area (Å²) in [4.78, 5) is 19.6. The summed E-state index contributed by atoms with van der Waals surface area (Å²) < 4.78 is 0. The number of rotatable bonds is 2. The number of carbonyl (C=O) groups is 1. The first-order valence-electron chi connectivity index (χ1n) is 8.93. The van der Waals surface area contributed by atoms with Crippen molar-refractivity contribution in [3.05, 3.63) is 51.2 Å². The largest absolute Gasteiger partial charge is 0.368 e. The quantitative estimate of drug-likeness (QED) is 0.828. The SMILES string of the molecule is Cc1cccc(N2CCN(C(=O)c3cc4c(s3)CCCC4)CC2)c1. The van der Waals surface area contributed by atoms with Gasteiger partial charge in [-0.1, -0.05) is 12.1 Å². The van der Waals surface area contributed by atoms with Gasteiger partial charge in [-0.25, -0.2) is 0 Å². The molecule has 4 rings (SSSR count). The monoisotopic (exact) mass is 340 g/mol. The number of hydrogen-bond acceptors (Lipinski definition) is 3. The zero-order valence-electron chi connectivity index (χ0n) is 14.3. The van der Waals surface area contributed by atoms with Gasteiger partial charge in [0.2, 0.25) is 0 Å². The molecule has 0 N–H and O–H groups in total. The lowest BCUT2D eigenvalue weighted by Gasteiger charge is -2.36. The smallest absolute Gasteiger partial charge is 0.264 e. The van der Waals surface area contributed by atoms with Gasteiger partial charge in [0.25, 0.3) is 5.91 Å². The Bertz CT molecular complexity index is 720. The fourth-order valence-electron chi connectivity index (χ4n) is 3.74. The summed E-state index contributed by atoms with van der Waals surface area (Å²) in [7, 11) is 0. The zero-order valence-corrected chi connectivity index (χ0v) is 15.1. The van der Waals surface area contributed by atoms with Gasteiger partial charge in [-0.15, -0.1) is 11.3 Å². The fraction of sp³-hybridized carbons (Fsp3) is 0.450. The lowest BCUT2D eigenvalue weighted by Crippen LogP contribution is -2.48. The highest BCUT2D eigenvalue weighted by Gasteiger charge is 2.25. The van der Waals surface area contributed by atoms with Crippen molar-refractivity contribution < 1.29 is 4.79 Å². The molecule has 1 fully saturated rings. The number of benzene rings is 1. The minimum Gasteiger partial charge on any atom is -0.368 e. The molecular weight excluding hydrogens is 316 g/mol. The van der Waals surface area contributed by atoms with Crippen LogP contribution in [0.1, 0.15) is 38.5 Å². The molecule has 4 heteroatoms. The van der Waals surface area contributed by atoms with E-state index in [1.807, 2.05) is 4.90 Å². The molecule has 126 valence electrons. The third kappa shape index (κ3) is 3.07. The molecule has 1 aliphatic carbocycles. The number of aryl methyl sites for hydroxylation is 3. The van der Waals surface area contributed by atoms with Crippen molar-refractivity contribution in [1.82, 2.24) is 4.90 Å². The Morgan fingerprint density at radius 2 is 1.83 bits per heavy atom. The summed E-state index contributed by atoms with van der Waals surface area (Å²) in [5.74, 6) is 0.235. The number of nitrogens with zero attached hydrogens (tertiary/aromatic N) is 2. The van der Waals surface area contributed by atoms with Crippen molar-refractivity contribution in [3.8, 4) is 0 Å². The van der Waals surface area contributed by atoms with E-state index in [-0.39, 0.29) is 5.91 Å². The predicted molar refractivity (Wildman–Crippen MR) is 100 cm³/mol. The minimum atomic E-state index is 0.235. The van der Waals surface area contributed by atoms with E-state index in [0.29, 0.717) is 0 Å². The molecule has 0 saturated carbocycles. The average molecular weight is 340 g/mol. The second-order valence-corrected chi connectivity index (χ2v) is 8.02. The first kappa shape index (κ1) is 15.7. The first-order chi connectivity index (χ1) is 11.7. The number of amides is 1. The maximum absolute atomic E-state index is 12.8. The van der Waals surface area contributed by atoms with E-state index in [4.69, 9.17) is 0 Å². The van der Waals surface area contributed by atoms with Crippen molar-refractivity contribution in [2.24, 2.45) is 0 Å². The number of piperazine rings is 1. The summed E-state index contributed by atoms with van der Waals surface area (Å²) in [5, 5.41) is 0. The van der Waals surface area contributed by atoms with Crippen molar-refractivity contribution in [2.45, 2.75) is 32.6 Å². The minimum absolute atomic E-state index is 0.235. The van der Waals surface area contributed by atoms with Crippen molar-refractivity contribution in [3.63, 3.8) is 0 Å². The lowest BCUT2D eigenvalue weighted by molar-refractivity contribution is 0.0751. The van der Waals surface area contributed by atoms with Crippen LogP contribution in [-0.4, -0.2) is 37.0 Å². The van der Waals surface area contributed by atoms with E-state index < -0.39 is 0 Å². The van der Waals surface area contributed by atoms with Gasteiger partial charge in [0.15, 0.2) is 0 Å². The Hall–Kier alpha value is -1.81. The number of carbonyl (C=O) groups excluding carboxylic acids is 1. The highest BCUT2D eigenvalue weighted by atomic mass is 32.1. The fourth-order valence-corrected chi connectivity index (χ4v) is 4.97. The molecule has 2 aliphatic rings. The lowest BCUT2D eigenvalue weighted by atomic mass is 9.99. The molecule has 0 bridgehead atoms. The van der Waals surface area contributed by atoms with Crippen LogP contribution in [0.5, 0.6) is 0 Å². The van der Waals surface area contributed by atoms with Crippen LogP contribution in [0.3, 0.4) is 0 Å². The molecule has 24 heavy (non-hydrogen) atoms. The number of anilines is 1. The Kier molecular flexibility index (Phi) is 4.31. The van der Waals surface area contributed by atoms with Crippen LogP contribution in [0.15, 0.2) is 30.3 Å². The van der Waals surface area contributed by atoms with E-state index in [2.05, 4.69) is 42.2 Å². The molecule has 0 unspecified atom stereocenters. The van der Waals surface area contributed by atoms with Gasteiger partial charge < -0.3 is 9.80 Å². The zero-order chi connectivity index (χ0) is 16.5. The number of thiophene rings is 1. The molecule has 1 saturated heterocycles. The molecule has 1 aliphatic heterocycles. The van der Waals surface area contributed by atoms with Crippen molar-refractivity contribution in [1.29, 1.82) is 0 Å². The van der Waals surface area contributed by atoms with E-state index in [1.54, 1.807) is 11.3 Å². The molecule has 1 amide bonds. The van der Waals surface area contributed by atoms with Gasteiger partial charge in [0.1, 0.15) is 0 Å². The third-order valence-electron chi connectivity index (χ3n) is 5.14. The molecule has 3 nitrogen and oxygen atoms in total. The maximum Gasteiger partial charge on any atom is 0.264 e. The van der Waals surface area contributed by atoms with Crippen LogP contribution in [0.4, 0.5) is 5.69 Å². The Morgan fingerprint density at radius 3 is 2.58 bits per heavy atom. The van der Waals surface area contributed by atoms with Crippen LogP contribution in [0, 0.1) is 6.92 Å². The third-order valence-corrected chi connectivity index (χ3v) is 6.37. The van der Waals surface area contributed by atoms with E-state index >= 15 is 0 Å². The van der Waals surface area contributed by atoms with Gasteiger partial charge >= 0.3 is 0 Å². The Labute approximate surface area is 147 Å². The van der Waals surface area contributed by atoms with E-state index in [1.165, 1.54) is 34.5 Å². The van der Waals surface area contributed by atoms with Gasteiger partial charge in [0.05, 0.1) is 4.88 Å². The highest BCUT2D eigenvalue weighted by molar-refractivity contribution is 7.14. The standard InChI is InChI=1S/C20H24N2OS/c1-15-5-4-7-17(13-15)21-9-11-22(12-10-21)20(23)19-14-16-6-2-3-8-18(16)24-19/h4-5,7,13-14H,2-3,6,8-12H2,1H3. The Morgan fingerprint density at radius 1 is 1.04 bits per heavy atom. The van der Waals surface area contributed by atoms with Crippen LogP contribution in [0.2, 0.25) is 0 Å². The summed E-state index contributed by atoms with van der Waals surface area (Å²) in [5.41, 5.74) is 3.98. The first-order valence-corrected chi connectivity index (χ1v) is 9.75. The maximum atomic E-state index is 12.8. The highest BCUT2D eigenvalue weighted by Crippen LogP contribution is 2.30. The topological polar surface area (TPSA) is 23.6 Å². The molecule has 0 atom stereocenters. The normalized spacial score (nSPS) is 17.7. The number of hydrogen-bond donors (Lipinski definition) is 0. The molecule has 1 aromatic carbocycles. The second-order valence-electron chi connectivity index (χ2n) is 6.88. The summed E-state index contributed by atoms with van der Waals surface area (Å²) >= 11 is 1.73. The molecule has 2 heterocycles. The average Bonchev–Trinajstić information content (AvgIpc) is 3.05.